The predicted molar refractivity (Wildman–Crippen MR) is 123 cm³/mol. The number of rotatable bonds is 8. The van der Waals surface area contributed by atoms with Gasteiger partial charge < -0.3 is 10.1 Å². The zero-order chi connectivity index (χ0) is 22.3. The number of nitrogens with zero attached hydrogens (tertiary/aromatic N) is 3. The van der Waals surface area contributed by atoms with Crippen LogP contribution in [-0.2, 0) is 11.2 Å². The van der Waals surface area contributed by atoms with Gasteiger partial charge in [-0.25, -0.2) is 4.79 Å². The van der Waals surface area contributed by atoms with Crippen LogP contribution < -0.4 is 15.4 Å². The number of imide groups is 1. The van der Waals surface area contributed by atoms with Gasteiger partial charge in [0.15, 0.2) is 5.16 Å². The lowest BCUT2D eigenvalue weighted by molar-refractivity contribution is -0.121. The van der Waals surface area contributed by atoms with Crippen molar-refractivity contribution in [2.45, 2.75) is 24.0 Å². The van der Waals surface area contributed by atoms with Gasteiger partial charge in [0.05, 0.1) is 12.8 Å². The van der Waals surface area contributed by atoms with Crippen LogP contribution in [0, 0.1) is 0 Å². The Morgan fingerprint density at radius 3 is 2.78 bits per heavy atom. The summed E-state index contributed by atoms with van der Waals surface area (Å²) in [7, 11) is 1.62. The highest BCUT2D eigenvalue weighted by molar-refractivity contribution is 7.99. The number of hydrogen-bond donors (Lipinski definition) is 2. The second-order valence-corrected chi connectivity index (χ2v) is 8.17. The summed E-state index contributed by atoms with van der Waals surface area (Å²) in [6, 6.07) is 16.9. The summed E-state index contributed by atoms with van der Waals surface area (Å²) in [6.45, 7) is 0. The number of thioether (sulfide) groups is 1. The SMILES string of the molecule is COc1cccc(-n2c(CC3CC(=O)NC(=O)N3)nnc2SC/C=C/c2ccccc2)c1. The summed E-state index contributed by atoms with van der Waals surface area (Å²) >= 11 is 1.55. The summed E-state index contributed by atoms with van der Waals surface area (Å²) in [5.74, 6) is 1.78. The number of hydrogen-bond acceptors (Lipinski definition) is 6. The van der Waals surface area contributed by atoms with Crippen molar-refractivity contribution in [2.24, 2.45) is 0 Å². The molecule has 0 aliphatic carbocycles. The van der Waals surface area contributed by atoms with Crippen LogP contribution >= 0.6 is 11.8 Å². The number of methoxy groups -OCH3 is 1. The highest BCUT2D eigenvalue weighted by Gasteiger charge is 2.26. The Bertz CT molecular complexity index is 1110. The van der Waals surface area contributed by atoms with Crippen molar-refractivity contribution in [1.82, 2.24) is 25.4 Å². The maximum Gasteiger partial charge on any atom is 0.321 e. The topological polar surface area (TPSA) is 98.1 Å². The third-order valence-electron chi connectivity index (χ3n) is 4.88. The van der Waals surface area contributed by atoms with Crippen LogP contribution in [0.1, 0.15) is 17.8 Å². The van der Waals surface area contributed by atoms with E-state index in [9.17, 15) is 9.59 Å². The van der Waals surface area contributed by atoms with E-state index in [1.54, 1.807) is 18.9 Å². The minimum absolute atomic E-state index is 0.193. The van der Waals surface area contributed by atoms with E-state index in [4.69, 9.17) is 4.74 Å². The van der Waals surface area contributed by atoms with E-state index < -0.39 is 6.03 Å². The fraction of sp³-hybridized carbons (Fsp3) is 0.217. The first-order chi connectivity index (χ1) is 15.6. The Hall–Kier alpha value is -3.59. The number of amides is 3. The maximum atomic E-state index is 11.8. The van der Waals surface area contributed by atoms with Gasteiger partial charge in [-0.2, -0.15) is 0 Å². The van der Waals surface area contributed by atoms with Crippen molar-refractivity contribution in [3.8, 4) is 11.4 Å². The van der Waals surface area contributed by atoms with E-state index in [1.807, 2.05) is 59.2 Å². The predicted octanol–water partition coefficient (Wildman–Crippen LogP) is 3.22. The fourth-order valence-corrected chi connectivity index (χ4v) is 4.20. The van der Waals surface area contributed by atoms with Crippen LogP contribution in [0.3, 0.4) is 0 Å². The monoisotopic (exact) mass is 449 g/mol. The second kappa shape index (κ2) is 10.1. The van der Waals surface area contributed by atoms with E-state index in [1.165, 1.54) is 0 Å². The summed E-state index contributed by atoms with van der Waals surface area (Å²) in [5.41, 5.74) is 1.99. The van der Waals surface area contributed by atoms with Crippen molar-refractivity contribution in [2.75, 3.05) is 12.9 Å². The minimum Gasteiger partial charge on any atom is -0.497 e. The Balaban J connectivity index is 1.57. The maximum absolute atomic E-state index is 11.8. The standard InChI is InChI=1S/C23H23N5O3S/c1-31-19-11-5-10-18(15-19)28-20(13-17-14-21(29)25-22(30)24-17)26-27-23(28)32-12-6-9-16-7-3-2-4-8-16/h2-11,15,17H,12-14H2,1H3,(H2,24,25,29,30)/b9-6+. The smallest absolute Gasteiger partial charge is 0.321 e. The molecule has 8 nitrogen and oxygen atoms in total. The van der Waals surface area contributed by atoms with Gasteiger partial charge in [-0.1, -0.05) is 60.3 Å². The number of urea groups is 1. The number of carbonyl (C=O) groups excluding carboxylic acids is 2. The molecule has 3 aromatic rings. The lowest BCUT2D eigenvalue weighted by Crippen LogP contribution is -2.53. The van der Waals surface area contributed by atoms with Crippen molar-refractivity contribution < 1.29 is 14.3 Å². The lowest BCUT2D eigenvalue weighted by Gasteiger charge is -2.23. The van der Waals surface area contributed by atoms with Gasteiger partial charge in [0.1, 0.15) is 11.6 Å². The first-order valence-electron chi connectivity index (χ1n) is 10.2. The molecular formula is C23H23N5O3S. The molecule has 1 aromatic heterocycles. The molecule has 2 N–H and O–H groups in total. The Morgan fingerprint density at radius 2 is 2.00 bits per heavy atom. The van der Waals surface area contributed by atoms with Crippen molar-refractivity contribution in [3.05, 3.63) is 72.1 Å². The molecule has 2 heterocycles. The Morgan fingerprint density at radius 1 is 1.16 bits per heavy atom. The van der Waals surface area contributed by atoms with E-state index in [0.717, 1.165) is 16.4 Å². The molecule has 1 saturated heterocycles. The van der Waals surface area contributed by atoms with Crippen molar-refractivity contribution in [3.63, 3.8) is 0 Å². The third kappa shape index (κ3) is 5.36. The number of aromatic nitrogens is 3. The highest BCUT2D eigenvalue weighted by atomic mass is 32.2. The molecule has 1 unspecified atom stereocenters. The van der Waals surface area contributed by atoms with Gasteiger partial charge in [-0.3, -0.25) is 14.7 Å². The zero-order valence-electron chi connectivity index (χ0n) is 17.5. The van der Waals surface area contributed by atoms with Gasteiger partial charge >= 0.3 is 6.03 Å². The van der Waals surface area contributed by atoms with E-state index in [-0.39, 0.29) is 18.4 Å². The Kier molecular flexibility index (Phi) is 6.86. The van der Waals surface area contributed by atoms with Crippen molar-refractivity contribution in [1.29, 1.82) is 0 Å². The molecule has 1 aliphatic heterocycles. The lowest BCUT2D eigenvalue weighted by atomic mass is 10.1. The number of ether oxygens (including phenoxy) is 1. The third-order valence-corrected chi connectivity index (χ3v) is 5.76. The van der Waals surface area contributed by atoms with Gasteiger partial charge in [-0.15, -0.1) is 10.2 Å². The van der Waals surface area contributed by atoms with Gasteiger partial charge in [0, 0.05) is 30.7 Å². The minimum atomic E-state index is -0.487. The molecule has 1 fully saturated rings. The molecule has 0 radical (unpaired) electrons. The summed E-state index contributed by atoms with van der Waals surface area (Å²) in [6.07, 6.45) is 4.72. The zero-order valence-corrected chi connectivity index (χ0v) is 18.3. The van der Waals surface area contributed by atoms with Crippen LogP contribution in [0.4, 0.5) is 4.79 Å². The van der Waals surface area contributed by atoms with Crippen LogP contribution in [-0.4, -0.2) is 45.6 Å². The number of benzene rings is 2. The molecular weight excluding hydrogens is 426 g/mol. The van der Waals surface area contributed by atoms with Crippen LogP contribution in [0.25, 0.3) is 11.8 Å². The van der Waals surface area contributed by atoms with Gasteiger partial charge in [0.2, 0.25) is 5.91 Å². The van der Waals surface area contributed by atoms with Gasteiger partial charge in [0.25, 0.3) is 0 Å². The van der Waals surface area contributed by atoms with Gasteiger partial charge in [-0.05, 0) is 17.7 Å². The molecule has 0 saturated carbocycles. The first-order valence-corrected chi connectivity index (χ1v) is 11.1. The largest absolute Gasteiger partial charge is 0.497 e. The fourth-order valence-electron chi connectivity index (χ4n) is 3.42. The molecule has 32 heavy (non-hydrogen) atoms. The normalized spacial score (nSPS) is 16.1. The van der Waals surface area contributed by atoms with E-state index >= 15 is 0 Å². The molecule has 1 atom stereocenters. The molecule has 3 amide bonds. The van der Waals surface area contributed by atoms with Crippen molar-refractivity contribution >= 4 is 29.8 Å². The van der Waals surface area contributed by atoms with Crippen LogP contribution in [0.2, 0.25) is 0 Å². The quantitative estimate of drug-likeness (QED) is 0.513. The second-order valence-electron chi connectivity index (χ2n) is 7.19. The number of carbonyl (C=O) groups is 2. The molecule has 9 heteroatoms. The molecule has 4 rings (SSSR count). The summed E-state index contributed by atoms with van der Waals surface area (Å²) in [4.78, 5) is 23.5. The molecule has 0 bridgehead atoms. The summed E-state index contributed by atoms with van der Waals surface area (Å²) < 4.78 is 7.32. The van der Waals surface area contributed by atoms with E-state index in [0.29, 0.717) is 23.7 Å². The molecule has 2 aromatic carbocycles. The van der Waals surface area contributed by atoms with Crippen LogP contribution in [0.5, 0.6) is 5.75 Å². The summed E-state index contributed by atoms with van der Waals surface area (Å²) in [5, 5.41) is 14.5. The average molecular weight is 450 g/mol. The highest BCUT2D eigenvalue weighted by Crippen LogP contribution is 2.26. The first kappa shape index (κ1) is 21.6. The molecule has 1 aliphatic rings. The average Bonchev–Trinajstić information content (AvgIpc) is 3.19. The molecule has 0 spiro atoms. The van der Waals surface area contributed by atoms with E-state index in [2.05, 4.69) is 33.0 Å². The Labute approximate surface area is 190 Å². The molecule has 164 valence electrons. The number of nitrogens with one attached hydrogen (secondary N) is 2. The van der Waals surface area contributed by atoms with Crippen LogP contribution in [0.15, 0.2) is 65.8 Å².